The Labute approximate surface area is 137 Å². The zero-order chi connectivity index (χ0) is 17.7. The molecule has 1 rings (SSSR count). The van der Waals surface area contributed by atoms with Crippen molar-refractivity contribution in [3.05, 3.63) is 11.6 Å². The van der Waals surface area contributed by atoms with E-state index in [2.05, 4.69) is 10.6 Å². The second kappa shape index (κ2) is 7.90. The number of hydrogen-bond acceptors (Lipinski definition) is 6. The molecule has 7 heteroatoms. The summed E-state index contributed by atoms with van der Waals surface area (Å²) >= 11 is 0. The van der Waals surface area contributed by atoms with Gasteiger partial charge in [0.2, 0.25) is 0 Å². The van der Waals surface area contributed by atoms with Gasteiger partial charge in [-0.15, -0.1) is 0 Å². The highest BCUT2D eigenvalue weighted by Crippen LogP contribution is 2.30. The van der Waals surface area contributed by atoms with Crippen molar-refractivity contribution < 1.29 is 19.4 Å². The van der Waals surface area contributed by atoms with Crippen molar-refractivity contribution >= 4 is 11.9 Å². The summed E-state index contributed by atoms with van der Waals surface area (Å²) in [5, 5.41) is 15.0. The molecule has 0 aromatic rings. The summed E-state index contributed by atoms with van der Waals surface area (Å²) in [6, 6.07) is -0.805. The predicted molar refractivity (Wildman–Crippen MR) is 87.8 cm³/mol. The summed E-state index contributed by atoms with van der Waals surface area (Å²) in [6.45, 7) is 8.70. The van der Waals surface area contributed by atoms with Crippen molar-refractivity contribution in [2.45, 2.75) is 64.1 Å². The van der Waals surface area contributed by atoms with Crippen molar-refractivity contribution in [3.8, 4) is 0 Å². The standard InChI is InChI=1S/C16H29N3O4/c1-15(2)9-11(16(3,4)19-15)14(22)23-10-18-8-6-5-7-12(17)13(20)21/h9,12,18-19H,5-8,10,17H2,1-4H3,(H,20,21)/t12-/m1/s1. The Hall–Kier alpha value is -1.44. The minimum atomic E-state index is -0.976. The highest BCUT2D eigenvalue weighted by atomic mass is 16.5. The summed E-state index contributed by atoms with van der Waals surface area (Å²) in [4.78, 5) is 22.7. The average molecular weight is 327 g/mol. The van der Waals surface area contributed by atoms with Gasteiger partial charge < -0.3 is 15.6 Å². The number of hydrogen-bond donors (Lipinski definition) is 4. The smallest absolute Gasteiger partial charge is 0.336 e. The molecule has 0 aliphatic carbocycles. The molecule has 7 nitrogen and oxygen atoms in total. The normalized spacial score (nSPS) is 20.0. The van der Waals surface area contributed by atoms with Gasteiger partial charge in [0.1, 0.15) is 12.8 Å². The molecule has 0 unspecified atom stereocenters. The quantitative estimate of drug-likeness (QED) is 0.281. The third-order valence-electron chi connectivity index (χ3n) is 3.77. The van der Waals surface area contributed by atoms with Gasteiger partial charge in [0.15, 0.2) is 0 Å². The van der Waals surface area contributed by atoms with E-state index in [-0.39, 0.29) is 18.2 Å². The number of carboxylic acid groups (broad SMARTS) is 1. The summed E-state index contributed by atoms with van der Waals surface area (Å²) in [7, 11) is 0. The molecule has 0 saturated carbocycles. The lowest BCUT2D eigenvalue weighted by atomic mass is 9.97. The Balaban J connectivity index is 2.22. The number of carbonyl (C=O) groups is 2. The van der Waals surface area contributed by atoms with Crippen molar-refractivity contribution in [2.75, 3.05) is 13.3 Å². The van der Waals surface area contributed by atoms with Crippen LogP contribution >= 0.6 is 0 Å². The molecule has 0 saturated heterocycles. The van der Waals surface area contributed by atoms with E-state index in [9.17, 15) is 9.59 Å². The van der Waals surface area contributed by atoms with Crippen molar-refractivity contribution in [2.24, 2.45) is 5.73 Å². The van der Waals surface area contributed by atoms with Crippen molar-refractivity contribution in [1.82, 2.24) is 10.6 Å². The molecule has 0 fully saturated rings. The molecule has 132 valence electrons. The highest BCUT2D eigenvalue weighted by Gasteiger charge is 2.40. The summed E-state index contributed by atoms with van der Waals surface area (Å²) < 4.78 is 5.24. The number of nitrogens with two attached hydrogens (primary N) is 1. The third kappa shape index (κ3) is 6.29. The Morgan fingerprint density at radius 1 is 1.35 bits per heavy atom. The number of rotatable bonds is 9. The molecular weight excluding hydrogens is 298 g/mol. The Bertz CT molecular complexity index is 472. The summed E-state index contributed by atoms with van der Waals surface area (Å²) in [5.74, 6) is -1.30. The van der Waals surface area contributed by atoms with Crippen LogP contribution in [0, 0.1) is 0 Å². The number of aliphatic carboxylic acids is 1. The largest absolute Gasteiger partial charge is 0.480 e. The molecule has 1 atom stereocenters. The van der Waals surface area contributed by atoms with Crippen LogP contribution in [0.3, 0.4) is 0 Å². The van der Waals surface area contributed by atoms with E-state index in [1.165, 1.54) is 0 Å². The fraction of sp³-hybridized carbons (Fsp3) is 0.750. The molecule has 1 aliphatic rings. The Morgan fingerprint density at radius 3 is 2.52 bits per heavy atom. The van der Waals surface area contributed by atoms with E-state index in [0.29, 0.717) is 25.0 Å². The van der Waals surface area contributed by atoms with E-state index in [1.807, 2.05) is 33.8 Å². The SMILES string of the molecule is CC1(C)C=C(C(=O)OCNCCCC[C@@H](N)C(=O)O)C(C)(C)N1. The number of unbranched alkanes of at least 4 members (excludes halogenated alkanes) is 1. The minimum Gasteiger partial charge on any atom is -0.480 e. The van der Waals surface area contributed by atoms with Crippen LogP contribution in [-0.2, 0) is 14.3 Å². The summed E-state index contributed by atoms with van der Waals surface area (Å²) in [6.07, 6.45) is 3.84. The van der Waals surface area contributed by atoms with Gasteiger partial charge in [0.25, 0.3) is 0 Å². The molecule has 1 aliphatic heterocycles. The van der Waals surface area contributed by atoms with E-state index in [4.69, 9.17) is 15.6 Å². The average Bonchev–Trinajstić information content (AvgIpc) is 2.64. The molecule has 0 radical (unpaired) electrons. The molecule has 0 aromatic heterocycles. The van der Waals surface area contributed by atoms with Gasteiger partial charge in [-0.3, -0.25) is 15.4 Å². The molecule has 0 amide bonds. The van der Waals surface area contributed by atoms with E-state index in [1.54, 1.807) is 0 Å². The van der Waals surface area contributed by atoms with Gasteiger partial charge in [-0.2, -0.15) is 0 Å². The lowest BCUT2D eigenvalue weighted by molar-refractivity contribution is -0.141. The van der Waals surface area contributed by atoms with Gasteiger partial charge in [0, 0.05) is 11.1 Å². The second-order valence-electron chi connectivity index (χ2n) is 7.05. The van der Waals surface area contributed by atoms with Crippen molar-refractivity contribution in [1.29, 1.82) is 0 Å². The van der Waals surface area contributed by atoms with Crippen LogP contribution in [0.25, 0.3) is 0 Å². The van der Waals surface area contributed by atoms with Gasteiger partial charge in [-0.25, -0.2) is 4.79 Å². The van der Waals surface area contributed by atoms with Crippen LogP contribution in [0.15, 0.2) is 11.6 Å². The molecule has 0 bridgehead atoms. The van der Waals surface area contributed by atoms with Crippen LogP contribution < -0.4 is 16.4 Å². The maximum Gasteiger partial charge on any atom is 0.336 e. The molecule has 23 heavy (non-hydrogen) atoms. The van der Waals surface area contributed by atoms with Crippen LogP contribution in [0.4, 0.5) is 0 Å². The van der Waals surface area contributed by atoms with Crippen LogP contribution in [0.2, 0.25) is 0 Å². The van der Waals surface area contributed by atoms with Gasteiger partial charge >= 0.3 is 11.9 Å². The first kappa shape index (κ1) is 19.6. The van der Waals surface area contributed by atoms with E-state index in [0.717, 1.165) is 6.42 Å². The third-order valence-corrected chi connectivity index (χ3v) is 3.77. The van der Waals surface area contributed by atoms with E-state index < -0.39 is 17.6 Å². The fourth-order valence-electron chi connectivity index (χ4n) is 2.77. The molecule has 0 aromatic carbocycles. The monoisotopic (exact) mass is 327 g/mol. The molecular formula is C16H29N3O4. The number of esters is 1. The first-order valence-electron chi connectivity index (χ1n) is 7.94. The molecule has 5 N–H and O–H groups in total. The van der Waals surface area contributed by atoms with Gasteiger partial charge in [0.05, 0.1) is 5.57 Å². The maximum atomic E-state index is 12.1. The number of carboxylic acids is 1. The van der Waals surface area contributed by atoms with Crippen LogP contribution in [0.1, 0.15) is 47.0 Å². The zero-order valence-electron chi connectivity index (χ0n) is 14.4. The van der Waals surface area contributed by atoms with Crippen LogP contribution in [-0.4, -0.2) is 47.4 Å². The topological polar surface area (TPSA) is 114 Å². The second-order valence-corrected chi connectivity index (χ2v) is 7.05. The molecule has 1 heterocycles. The predicted octanol–water partition coefficient (Wildman–Crippen LogP) is 0.746. The summed E-state index contributed by atoms with van der Waals surface area (Å²) in [5.41, 5.74) is 5.41. The zero-order valence-corrected chi connectivity index (χ0v) is 14.4. The fourth-order valence-corrected chi connectivity index (χ4v) is 2.77. The Morgan fingerprint density at radius 2 is 2.00 bits per heavy atom. The molecule has 0 spiro atoms. The lowest BCUT2D eigenvalue weighted by Gasteiger charge is -2.27. The Kier molecular flexibility index (Phi) is 6.73. The maximum absolute atomic E-state index is 12.1. The van der Waals surface area contributed by atoms with E-state index >= 15 is 0 Å². The first-order valence-corrected chi connectivity index (χ1v) is 7.94. The number of nitrogens with one attached hydrogen (secondary N) is 2. The number of carbonyl (C=O) groups excluding carboxylic acids is 1. The van der Waals surface area contributed by atoms with Crippen molar-refractivity contribution in [3.63, 3.8) is 0 Å². The minimum absolute atomic E-state index is 0.137. The van der Waals surface area contributed by atoms with Gasteiger partial charge in [-0.1, -0.05) is 12.5 Å². The highest BCUT2D eigenvalue weighted by molar-refractivity contribution is 5.92. The lowest BCUT2D eigenvalue weighted by Crippen LogP contribution is -2.46. The van der Waals surface area contributed by atoms with Crippen LogP contribution in [0.5, 0.6) is 0 Å². The number of ether oxygens (including phenoxy) is 1. The van der Waals surface area contributed by atoms with Gasteiger partial charge in [-0.05, 0) is 47.1 Å². The first-order chi connectivity index (χ1) is 10.6.